The van der Waals surface area contributed by atoms with Crippen molar-refractivity contribution in [2.45, 2.75) is 108 Å². The summed E-state index contributed by atoms with van der Waals surface area (Å²) >= 11 is 0. The highest BCUT2D eigenvalue weighted by Gasteiger charge is 2.23. The number of hydrogen-bond acceptors (Lipinski definition) is 5. The maximum atomic E-state index is 10.7. The van der Waals surface area contributed by atoms with Crippen LogP contribution in [-0.2, 0) is 4.79 Å². The number of carbonyl (C=O) groups is 1. The molecule has 2 atom stereocenters. The number of quaternary nitrogens is 1. The molecular formula is C18H33N2O5-. The summed E-state index contributed by atoms with van der Waals surface area (Å²) in [6.07, 6.45) is 13.1. The largest absolute Gasteiger partial charge is 0.843 e. The first-order chi connectivity index (χ1) is 12.0. The molecule has 0 bridgehead atoms. The van der Waals surface area contributed by atoms with Gasteiger partial charge in [-0.25, -0.2) is 0 Å². The zero-order valence-electron chi connectivity index (χ0n) is 15.4. The van der Waals surface area contributed by atoms with Crippen LogP contribution in [0.15, 0.2) is 0 Å². The first kappa shape index (κ1) is 21.8. The van der Waals surface area contributed by atoms with Gasteiger partial charge in [-0.1, -0.05) is 19.8 Å². The van der Waals surface area contributed by atoms with Crippen molar-refractivity contribution >= 4 is 5.97 Å². The van der Waals surface area contributed by atoms with Gasteiger partial charge in [0.1, 0.15) is 0 Å². The first-order valence-corrected chi connectivity index (χ1v) is 9.80. The maximum absolute atomic E-state index is 10.7. The smallest absolute Gasteiger partial charge is 0.206 e. The third-order valence-electron chi connectivity index (χ3n) is 5.28. The van der Waals surface area contributed by atoms with E-state index in [9.17, 15) is 25.1 Å². The van der Waals surface area contributed by atoms with Crippen LogP contribution in [0, 0.1) is 10.1 Å². The lowest BCUT2D eigenvalue weighted by Crippen LogP contribution is -2.95. The van der Waals surface area contributed by atoms with Gasteiger partial charge in [-0.15, -0.1) is 0 Å². The predicted molar refractivity (Wildman–Crippen MR) is 90.2 cm³/mol. The summed E-state index contributed by atoms with van der Waals surface area (Å²) in [4.78, 5) is 19.3. The third kappa shape index (κ3) is 8.63. The lowest BCUT2D eigenvalue weighted by molar-refractivity contribution is -0.725. The van der Waals surface area contributed by atoms with Crippen LogP contribution in [0.5, 0.6) is 0 Å². The Bertz CT molecular complexity index is 377. The molecule has 2 rings (SSSR count). The van der Waals surface area contributed by atoms with E-state index in [2.05, 4.69) is 5.32 Å². The topological polar surface area (TPSA) is 123 Å². The maximum Gasteiger partial charge on any atom is 0.206 e. The van der Waals surface area contributed by atoms with Crippen LogP contribution < -0.4 is 15.5 Å². The van der Waals surface area contributed by atoms with E-state index in [1.807, 2.05) is 0 Å². The molecule has 0 aromatic rings. The molecule has 0 aromatic heterocycles. The molecule has 146 valence electrons. The molecule has 7 heteroatoms. The van der Waals surface area contributed by atoms with Crippen molar-refractivity contribution in [3.63, 3.8) is 0 Å². The second-order valence-electron chi connectivity index (χ2n) is 7.37. The molecule has 0 saturated heterocycles. The minimum atomic E-state index is -2.26. The Kier molecular flexibility index (Phi) is 10.6. The van der Waals surface area contributed by atoms with E-state index in [-0.39, 0.29) is 6.42 Å². The Morgan fingerprint density at radius 1 is 1.04 bits per heavy atom. The minimum absolute atomic E-state index is 0.0326. The molecule has 7 nitrogen and oxygen atoms in total. The van der Waals surface area contributed by atoms with Crippen molar-refractivity contribution in [3.8, 4) is 0 Å². The van der Waals surface area contributed by atoms with E-state index in [4.69, 9.17) is 0 Å². The summed E-state index contributed by atoms with van der Waals surface area (Å²) in [6.45, 7) is 1.64. The van der Waals surface area contributed by atoms with E-state index in [0.717, 1.165) is 12.1 Å². The molecule has 0 aromatic carbocycles. The van der Waals surface area contributed by atoms with E-state index < -0.39 is 23.0 Å². The molecule has 2 aliphatic rings. The van der Waals surface area contributed by atoms with E-state index in [0.29, 0.717) is 6.42 Å². The van der Waals surface area contributed by atoms with Crippen LogP contribution in [0.2, 0.25) is 0 Å². The SMILES string of the molecule is C1CCC([NH2+]C2CCCCC2)CC1.CCC[C@@H]([C@H]([O-])C(=O)[O-])[N+](=O)[O-]. The van der Waals surface area contributed by atoms with Gasteiger partial charge in [-0.05, 0) is 63.9 Å². The number of carboxylic acids is 1. The average Bonchev–Trinajstić information content (AvgIpc) is 2.61. The van der Waals surface area contributed by atoms with Crippen molar-refractivity contribution in [2.75, 3.05) is 0 Å². The highest BCUT2D eigenvalue weighted by atomic mass is 16.6. The highest BCUT2D eigenvalue weighted by Crippen LogP contribution is 2.18. The average molecular weight is 357 g/mol. The van der Waals surface area contributed by atoms with Gasteiger partial charge in [-0.3, -0.25) is 10.1 Å². The van der Waals surface area contributed by atoms with Gasteiger partial charge in [0.2, 0.25) is 6.04 Å². The minimum Gasteiger partial charge on any atom is -0.843 e. The summed E-state index contributed by atoms with van der Waals surface area (Å²) in [5, 5.41) is 33.5. The van der Waals surface area contributed by atoms with Crippen LogP contribution in [-0.4, -0.2) is 35.1 Å². The highest BCUT2D eigenvalue weighted by molar-refractivity contribution is 5.69. The Morgan fingerprint density at radius 2 is 1.48 bits per heavy atom. The van der Waals surface area contributed by atoms with Crippen molar-refractivity contribution in [1.82, 2.24) is 0 Å². The molecule has 0 amide bonds. The number of hydrogen-bond donors (Lipinski definition) is 1. The lowest BCUT2D eigenvalue weighted by Gasteiger charge is -2.27. The van der Waals surface area contributed by atoms with Gasteiger partial charge in [0.25, 0.3) is 0 Å². The quantitative estimate of drug-likeness (QED) is 0.512. The number of nitro groups is 1. The fourth-order valence-electron chi connectivity index (χ4n) is 3.86. The summed E-state index contributed by atoms with van der Waals surface area (Å²) in [5.41, 5.74) is 0. The Morgan fingerprint density at radius 3 is 1.80 bits per heavy atom. The molecule has 0 spiro atoms. The number of nitrogens with zero attached hydrogens (tertiary/aromatic N) is 1. The normalized spacial score (nSPS) is 21.7. The van der Waals surface area contributed by atoms with Gasteiger partial charge in [0.05, 0.1) is 12.1 Å². The van der Waals surface area contributed by atoms with Gasteiger partial charge in [0, 0.05) is 17.3 Å². The fourth-order valence-corrected chi connectivity index (χ4v) is 3.86. The number of carbonyl (C=O) groups excluding carboxylic acids is 1. The van der Waals surface area contributed by atoms with Gasteiger partial charge in [-0.2, -0.15) is 0 Å². The van der Waals surface area contributed by atoms with Crippen LogP contribution in [0.1, 0.15) is 84.0 Å². The first-order valence-electron chi connectivity index (χ1n) is 9.80. The standard InChI is InChI=1S/C12H23N.C6H10NO5/c1-3-7-11(8-4-1)13-12-9-5-2-6-10-12;1-2-3-4(7(11)12)5(8)6(9)10/h11-13H,1-10H2;4-5H,2-3H2,1H3,(H,9,10)/q;-1/t;4-,5-/m.0/s1. The number of nitrogens with two attached hydrogens (primary N) is 1. The second kappa shape index (κ2) is 12.2. The summed E-state index contributed by atoms with van der Waals surface area (Å²) in [7, 11) is 0. The van der Waals surface area contributed by atoms with Crippen LogP contribution >= 0.6 is 0 Å². The van der Waals surface area contributed by atoms with E-state index in [1.54, 1.807) is 6.92 Å². The Labute approximate surface area is 150 Å². The molecule has 2 N–H and O–H groups in total. The van der Waals surface area contributed by atoms with Crippen molar-refractivity contribution in [3.05, 3.63) is 10.1 Å². The Hall–Kier alpha value is -1.21. The lowest BCUT2D eigenvalue weighted by atomic mass is 9.91. The molecule has 2 fully saturated rings. The van der Waals surface area contributed by atoms with E-state index in [1.165, 1.54) is 64.2 Å². The number of aliphatic carboxylic acids is 1. The Balaban J connectivity index is 0.000000252. The molecule has 2 saturated carbocycles. The van der Waals surface area contributed by atoms with Gasteiger partial charge < -0.3 is 20.3 Å². The molecule has 0 unspecified atom stereocenters. The fraction of sp³-hybridized carbons (Fsp3) is 0.944. The van der Waals surface area contributed by atoms with Gasteiger partial charge in [0.15, 0.2) is 0 Å². The van der Waals surface area contributed by atoms with Gasteiger partial charge >= 0.3 is 0 Å². The van der Waals surface area contributed by atoms with Crippen LogP contribution in [0.4, 0.5) is 0 Å². The van der Waals surface area contributed by atoms with Crippen molar-refractivity contribution in [1.29, 1.82) is 0 Å². The summed E-state index contributed by atoms with van der Waals surface area (Å²) in [5.74, 6) is -1.91. The van der Waals surface area contributed by atoms with Crippen LogP contribution in [0.25, 0.3) is 0 Å². The zero-order chi connectivity index (χ0) is 18.7. The molecule has 0 radical (unpaired) electrons. The predicted octanol–water partition coefficient (Wildman–Crippen LogP) is 0.126. The van der Waals surface area contributed by atoms with E-state index >= 15 is 0 Å². The monoisotopic (exact) mass is 357 g/mol. The zero-order valence-corrected chi connectivity index (χ0v) is 15.4. The second-order valence-corrected chi connectivity index (χ2v) is 7.37. The third-order valence-corrected chi connectivity index (χ3v) is 5.28. The van der Waals surface area contributed by atoms with Crippen molar-refractivity contribution < 1.29 is 25.2 Å². The molecular weight excluding hydrogens is 324 g/mol. The summed E-state index contributed by atoms with van der Waals surface area (Å²) in [6, 6.07) is 0.425. The molecule has 2 aliphatic carbocycles. The number of rotatable bonds is 7. The van der Waals surface area contributed by atoms with Crippen LogP contribution in [0.3, 0.4) is 0 Å². The molecule has 25 heavy (non-hydrogen) atoms. The summed E-state index contributed by atoms with van der Waals surface area (Å²) < 4.78 is 0. The number of carboxylic acid groups (broad SMARTS) is 1. The molecule has 0 heterocycles. The van der Waals surface area contributed by atoms with Crippen molar-refractivity contribution in [2.24, 2.45) is 0 Å². The molecule has 0 aliphatic heterocycles.